The van der Waals surface area contributed by atoms with E-state index in [2.05, 4.69) is 48.5 Å². The molecular formula is C13H28. The van der Waals surface area contributed by atoms with Gasteiger partial charge in [0.1, 0.15) is 0 Å². The molecule has 0 saturated heterocycles. The van der Waals surface area contributed by atoms with Crippen molar-refractivity contribution >= 4 is 0 Å². The Morgan fingerprint density at radius 1 is 0.846 bits per heavy atom. The average molecular weight is 184 g/mol. The highest BCUT2D eigenvalue weighted by molar-refractivity contribution is 4.78. The van der Waals surface area contributed by atoms with Crippen molar-refractivity contribution in [2.24, 2.45) is 23.2 Å². The molecule has 0 heteroatoms. The SMILES string of the molecule is CC(C)CCC(C)C(C)(C)C(C)C. The van der Waals surface area contributed by atoms with Gasteiger partial charge in [-0.1, -0.05) is 54.9 Å². The third-order valence-corrected chi connectivity index (χ3v) is 3.94. The normalized spacial score (nSPS) is 15.5. The van der Waals surface area contributed by atoms with Gasteiger partial charge in [0.05, 0.1) is 0 Å². The van der Waals surface area contributed by atoms with Crippen LogP contribution in [-0.2, 0) is 0 Å². The van der Waals surface area contributed by atoms with Crippen LogP contribution in [0.3, 0.4) is 0 Å². The van der Waals surface area contributed by atoms with Gasteiger partial charge in [-0.15, -0.1) is 0 Å². The molecule has 0 heterocycles. The van der Waals surface area contributed by atoms with Crippen molar-refractivity contribution < 1.29 is 0 Å². The van der Waals surface area contributed by atoms with Crippen LogP contribution < -0.4 is 0 Å². The first-order valence-corrected chi connectivity index (χ1v) is 5.78. The summed E-state index contributed by atoms with van der Waals surface area (Å²) in [5.74, 6) is 2.48. The predicted octanol–water partition coefficient (Wildman–Crippen LogP) is 4.74. The van der Waals surface area contributed by atoms with Crippen molar-refractivity contribution in [3.8, 4) is 0 Å². The Balaban J connectivity index is 4.01. The second-order valence-electron chi connectivity index (χ2n) is 5.85. The standard InChI is InChI=1S/C13H28/c1-10(2)8-9-12(5)13(6,7)11(3)4/h10-12H,8-9H2,1-7H3. The maximum Gasteiger partial charge on any atom is -0.0305 e. The zero-order valence-corrected chi connectivity index (χ0v) is 10.6. The van der Waals surface area contributed by atoms with E-state index >= 15 is 0 Å². The highest BCUT2D eigenvalue weighted by atomic mass is 14.3. The van der Waals surface area contributed by atoms with E-state index in [-0.39, 0.29) is 0 Å². The Labute approximate surface area is 85.1 Å². The van der Waals surface area contributed by atoms with Gasteiger partial charge in [0.25, 0.3) is 0 Å². The average Bonchev–Trinajstić information content (AvgIpc) is 1.99. The van der Waals surface area contributed by atoms with Crippen LogP contribution in [0.5, 0.6) is 0 Å². The largest absolute Gasteiger partial charge is 0.0628 e. The first-order valence-electron chi connectivity index (χ1n) is 5.78. The van der Waals surface area contributed by atoms with Crippen LogP contribution in [0.4, 0.5) is 0 Å². The molecule has 0 fully saturated rings. The predicted molar refractivity (Wildman–Crippen MR) is 61.9 cm³/mol. The quantitative estimate of drug-likeness (QED) is 0.579. The van der Waals surface area contributed by atoms with Gasteiger partial charge in [0, 0.05) is 0 Å². The van der Waals surface area contributed by atoms with Gasteiger partial charge < -0.3 is 0 Å². The molecule has 0 nitrogen and oxygen atoms in total. The molecule has 0 aliphatic rings. The molecule has 0 N–H and O–H groups in total. The fourth-order valence-electron chi connectivity index (χ4n) is 1.52. The first kappa shape index (κ1) is 13.0. The summed E-state index contributed by atoms with van der Waals surface area (Å²) in [5, 5.41) is 0. The molecule has 0 aliphatic carbocycles. The smallest absolute Gasteiger partial charge is 0.0305 e. The van der Waals surface area contributed by atoms with Crippen LogP contribution in [0.15, 0.2) is 0 Å². The van der Waals surface area contributed by atoms with Crippen molar-refractivity contribution in [1.82, 2.24) is 0 Å². The Hall–Kier alpha value is 0. The molecule has 0 amide bonds. The van der Waals surface area contributed by atoms with Crippen LogP contribution in [0, 0.1) is 23.2 Å². The Morgan fingerprint density at radius 3 is 1.62 bits per heavy atom. The zero-order chi connectivity index (χ0) is 10.6. The summed E-state index contributed by atoms with van der Waals surface area (Å²) < 4.78 is 0. The third-order valence-electron chi connectivity index (χ3n) is 3.94. The lowest BCUT2D eigenvalue weighted by molar-refractivity contribution is 0.137. The van der Waals surface area contributed by atoms with E-state index in [1.54, 1.807) is 0 Å². The van der Waals surface area contributed by atoms with Crippen molar-refractivity contribution in [2.45, 2.75) is 61.3 Å². The summed E-state index contributed by atoms with van der Waals surface area (Å²) >= 11 is 0. The summed E-state index contributed by atoms with van der Waals surface area (Å²) in [7, 11) is 0. The number of rotatable bonds is 5. The molecule has 0 aromatic rings. The minimum absolute atomic E-state index is 0.495. The van der Waals surface area contributed by atoms with Crippen molar-refractivity contribution in [1.29, 1.82) is 0 Å². The van der Waals surface area contributed by atoms with E-state index in [1.807, 2.05) is 0 Å². The van der Waals surface area contributed by atoms with Gasteiger partial charge in [-0.3, -0.25) is 0 Å². The van der Waals surface area contributed by atoms with Crippen LogP contribution in [0.25, 0.3) is 0 Å². The minimum atomic E-state index is 0.495. The fourth-order valence-corrected chi connectivity index (χ4v) is 1.52. The lowest BCUT2D eigenvalue weighted by Gasteiger charge is -2.36. The van der Waals surface area contributed by atoms with E-state index in [4.69, 9.17) is 0 Å². The molecule has 0 spiro atoms. The molecule has 0 bridgehead atoms. The summed E-state index contributed by atoms with van der Waals surface area (Å²) in [6.07, 6.45) is 2.75. The van der Waals surface area contributed by atoms with E-state index in [1.165, 1.54) is 12.8 Å². The van der Waals surface area contributed by atoms with Gasteiger partial charge in [-0.25, -0.2) is 0 Å². The van der Waals surface area contributed by atoms with Crippen LogP contribution >= 0.6 is 0 Å². The maximum atomic E-state index is 2.41. The first-order chi connectivity index (χ1) is 5.78. The van der Waals surface area contributed by atoms with Crippen molar-refractivity contribution in [3.05, 3.63) is 0 Å². The number of hydrogen-bond acceptors (Lipinski definition) is 0. The van der Waals surface area contributed by atoms with Gasteiger partial charge in [-0.05, 0) is 29.6 Å². The van der Waals surface area contributed by atoms with E-state index in [9.17, 15) is 0 Å². The second kappa shape index (κ2) is 5.02. The second-order valence-corrected chi connectivity index (χ2v) is 5.85. The molecule has 13 heavy (non-hydrogen) atoms. The Kier molecular flexibility index (Phi) is 5.02. The minimum Gasteiger partial charge on any atom is -0.0628 e. The Bertz CT molecular complexity index is 131. The molecule has 80 valence electrons. The molecule has 0 aromatic carbocycles. The van der Waals surface area contributed by atoms with E-state index in [0.717, 1.165) is 17.8 Å². The van der Waals surface area contributed by atoms with E-state index < -0.39 is 0 Å². The van der Waals surface area contributed by atoms with Crippen LogP contribution in [-0.4, -0.2) is 0 Å². The summed E-state index contributed by atoms with van der Waals surface area (Å²) in [4.78, 5) is 0. The highest BCUT2D eigenvalue weighted by Gasteiger charge is 2.28. The summed E-state index contributed by atoms with van der Waals surface area (Å²) in [6, 6.07) is 0. The van der Waals surface area contributed by atoms with Crippen molar-refractivity contribution in [2.75, 3.05) is 0 Å². The van der Waals surface area contributed by atoms with Crippen LogP contribution in [0.1, 0.15) is 61.3 Å². The molecule has 0 radical (unpaired) electrons. The van der Waals surface area contributed by atoms with Crippen LogP contribution in [0.2, 0.25) is 0 Å². The van der Waals surface area contributed by atoms with Gasteiger partial charge in [0.2, 0.25) is 0 Å². The molecule has 1 atom stereocenters. The molecular weight excluding hydrogens is 156 g/mol. The van der Waals surface area contributed by atoms with E-state index in [0.29, 0.717) is 5.41 Å². The highest BCUT2D eigenvalue weighted by Crippen LogP contribution is 2.37. The lowest BCUT2D eigenvalue weighted by Crippen LogP contribution is -2.27. The topological polar surface area (TPSA) is 0 Å². The van der Waals surface area contributed by atoms with Gasteiger partial charge in [-0.2, -0.15) is 0 Å². The van der Waals surface area contributed by atoms with Gasteiger partial charge in [0.15, 0.2) is 0 Å². The summed E-state index contributed by atoms with van der Waals surface area (Å²) in [5.41, 5.74) is 0.495. The van der Waals surface area contributed by atoms with Gasteiger partial charge >= 0.3 is 0 Å². The molecule has 0 aliphatic heterocycles. The molecule has 0 rings (SSSR count). The van der Waals surface area contributed by atoms with Crippen molar-refractivity contribution in [3.63, 3.8) is 0 Å². The third kappa shape index (κ3) is 4.15. The summed E-state index contributed by atoms with van der Waals surface area (Å²) in [6.45, 7) is 16.5. The zero-order valence-electron chi connectivity index (χ0n) is 10.6. The monoisotopic (exact) mass is 184 g/mol. The Morgan fingerprint density at radius 2 is 1.31 bits per heavy atom. The molecule has 0 aromatic heterocycles. The molecule has 1 unspecified atom stereocenters. The lowest BCUT2D eigenvalue weighted by atomic mass is 9.69. The molecule has 0 saturated carbocycles. The number of hydrogen-bond donors (Lipinski definition) is 0. The fraction of sp³-hybridized carbons (Fsp3) is 1.00. The maximum absolute atomic E-state index is 2.41.